The Morgan fingerprint density at radius 2 is 2.13 bits per heavy atom. The highest BCUT2D eigenvalue weighted by Crippen LogP contribution is 2.18. The van der Waals surface area contributed by atoms with Gasteiger partial charge in [0.25, 0.3) is 0 Å². The second-order valence-corrected chi connectivity index (χ2v) is 5.62. The van der Waals surface area contributed by atoms with E-state index in [-0.39, 0.29) is 6.10 Å². The van der Waals surface area contributed by atoms with Gasteiger partial charge >= 0.3 is 0 Å². The van der Waals surface area contributed by atoms with Crippen LogP contribution in [-0.4, -0.2) is 35.3 Å². The number of thioether (sulfide) groups is 1. The molecule has 3 heteroatoms. The van der Waals surface area contributed by atoms with Crippen LogP contribution in [0.25, 0.3) is 0 Å². The quantitative estimate of drug-likeness (QED) is 0.735. The van der Waals surface area contributed by atoms with Crippen LogP contribution in [-0.2, 0) is 0 Å². The molecule has 2 nitrogen and oxygen atoms in total. The number of nitrogens with one attached hydrogen (secondary N) is 1. The summed E-state index contributed by atoms with van der Waals surface area (Å²) >= 11 is 2.03. The van der Waals surface area contributed by atoms with E-state index in [4.69, 9.17) is 0 Å². The van der Waals surface area contributed by atoms with Crippen LogP contribution in [0, 0.1) is 5.92 Å². The van der Waals surface area contributed by atoms with Crippen molar-refractivity contribution in [1.82, 2.24) is 5.32 Å². The fourth-order valence-electron chi connectivity index (χ4n) is 2.19. The Kier molecular flexibility index (Phi) is 6.69. The van der Waals surface area contributed by atoms with Crippen LogP contribution in [0.3, 0.4) is 0 Å². The molecule has 1 heterocycles. The summed E-state index contributed by atoms with van der Waals surface area (Å²) in [6.45, 7) is 5.10. The zero-order valence-corrected chi connectivity index (χ0v) is 10.9. The predicted molar refractivity (Wildman–Crippen MR) is 68.4 cm³/mol. The highest BCUT2D eigenvalue weighted by atomic mass is 32.2. The van der Waals surface area contributed by atoms with Gasteiger partial charge in [0, 0.05) is 18.3 Å². The topological polar surface area (TPSA) is 32.3 Å². The first-order valence-corrected chi connectivity index (χ1v) is 7.42. The van der Waals surface area contributed by atoms with E-state index in [1.54, 1.807) is 0 Å². The van der Waals surface area contributed by atoms with Gasteiger partial charge in [-0.3, -0.25) is 0 Å². The smallest absolute Gasteiger partial charge is 0.0692 e. The predicted octanol–water partition coefficient (Wildman–Crippen LogP) is 2.27. The average Bonchev–Trinajstić information content (AvgIpc) is 2.29. The van der Waals surface area contributed by atoms with Gasteiger partial charge in [-0.2, -0.15) is 11.8 Å². The Labute approximate surface area is 98.2 Å². The van der Waals surface area contributed by atoms with Crippen LogP contribution in [0.1, 0.15) is 39.5 Å². The van der Waals surface area contributed by atoms with Crippen molar-refractivity contribution in [2.24, 2.45) is 5.92 Å². The van der Waals surface area contributed by atoms with Crippen molar-refractivity contribution >= 4 is 11.8 Å². The summed E-state index contributed by atoms with van der Waals surface area (Å²) in [4.78, 5) is 0. The third-order valence-electron chi connectivity index (χ3n) is 3.37. The number of hydrogen-bond acceptors (Lipinski definition) is 3. The van der Waals surface area contributed by atoms with Gasteiger partial charge in [-0.15, -0.1) is 0 Å². The van der Waals surface area contributed by atoms with Crippen LogP contribution in [0.5, 0.6) is 0 Å². The van der Waals surface area contributed by atoms with E-state index in [2.05, 4.69) is 19.2 Å². The average molecular weight is 231 g/mol. The molecular formula is C12H25NOS. The van der Waals surface area contributed by atoms with E-state index in [1.807, 2.05) is 11.8 Å². The molecule has 1 fully saturated rings. The maximum Gasteiger partial charge on any atom is 0.0692 e. The molecule has 2 unspecified atom stereocenters. The van der Waals surface area contributed by atoms with Gasteiger partial charge in [-0.25, -0.2) is 0 Å². The molecule has 0 bridgehead atoms. The van der Waals surface area contributed by atoms with Crippen molar-refractivity contribution in [2.75, 3.05) is 18.1 Å². The van der Waals surface area contributed by atoms with E-state index in [0.29, 0.717) is 12.0 Å². The van der Waals surface area contributed by atoms with Crippen molar-refractivity contribution in [2.45, 2.75) is 51.7 Å². The second-order valence-electron chi connectivity index (χ2n) is 4.47. The maximum absolute atomic E-state index is 9.97. The number of rotatable bonds is 6. The highest BCUT2D eigenvalue weighted by molar-refractivity contribution is 7.99. The van der Waals surface area contributed by atoms with Gasteiger partial charge in [-0.05, 0) is 24.5 Å². The summed E-state index contributed by atoms with van der Waals surface area (Å²) in [6, 6.07) is 0.632. The summed E-state index contributed by atoms with van der Waals surface area (Å²) in [6.07, 6.45) is 4.61. The van der Waals surface area contributed by atoms with E-state index >= 15 is 0 Å². The van der Waals surface area contributed by atoms with Crippen LogP contribution in [0.4, 0.5) is 0 Å². The monoisotopic (exact) mass is 231 g/mol. The van der Waals surface area contributed by atoms with Crippen molar-refractivity contribution in [1.29, 1.82) is 0 Å². The summed E-state index contributed by atoms with van der Waals surface area (Å²) < 4.78 is 0. The molecule has 0 amide bonds. The minimum atomic E-state index is -0.160. The molecular weight excluding hydrogens is 206 g/mol. The summed E-state index contributed by atoms with van der Waals surface area (Å²) in [5, 5.41) is 13.5. The number of aliphatic hydroxyl groups excluding tert-OH is 1. The Morgan fingerprint density at radius 3 is 2.67 bits per heavy atom. The lowest BCUT2D eigenvalue weighted by Gasteiger charge is -2.26. The molecule has 0 aromatic carbocycles. The first kappa shape index (κ1) is 13.3. The lowest BCUT2D eigenvalue weighted by molar-refractivity contribution is 0.0986. The zero-order chi connectivity index (χ0) is 11.1. The maximum atomic E-state index is 9.97. The molecule has 2 atom stereocenters. The van der Waals surface area contributed by atoms with E-state index in [9.17, 15) is 5.11 Å². The van der Waals surface area contributed by atoms with E-state index in [1.165, 1.54) is 24.3 Å². The Hall–Kier alpha value is 0.270. The normalized spacial score (nSPS) is 24.4. The summed E-state index contributed by atoms with van der Waals surface area (Å²) in [7, 11) is 0. The third-order valence-corrected chi connectivity index (χ3v) is 4.58. The SMILES string of the molecule is CCC(CC)C(O)CNC1CCCSC1. The molecule has 0 aliphatic carbocycles. The lowest BCUT2D eigenvalue weighted by Crippen LogP contribution is -2.41. The standard InChI is InChI=1S/C12H25NOS/c1-3-10(4-2)12(14)8-13-11-6-5-7-15-9-11/h10-14H,3-9H2,1-2H3. The molecule has 0 aromatic heterocycles. The molecule has 1 rings (SSSR count). The highest BCUT2D eigenvalue weighted by Gasteiger charge is 2.18. The second kappa shape index (κ2) is 7.53. The van der Waals surface area contributed by atoms with Crippen LogP contribution in [0.2, 0.25) is 0 Å². The molecule has 2 N–H and O–H groups in total. The van der Waals surface area contributed by atoms with Gasteiger partial charge in [0.15, 0.2) is 0 Å². The zero-order valence-electron chi connectivity index (χ0n) is 10.0. The molecule has 0 spiro atoms. The molecule has 1 aliphatic rings. The van der Waals surface area contributed by atoms with Crippen LogP contribution < -0.4 is 5.32 Å². The lowest BCUT2D eigenvalue weighted by atomic mass is 9.96. The van der Waals surface area contributed by atoms with Crippen molar-refractivity contribution in [3.8, 4) is 0 Å². The van der Waals surface area contributed by atoms with Gasteiger partial charge in [0.2, 0.25) is 0 Å². The van der Waals surface area contributed by atoms with E-state index in [0.717, 1.165) is 19.4 Å². The van der Waals surface area contributed by atoms with Crippen molar-refractivity contribution < 1.29 is 5.11 Å². The first-order valence-electron chi connectivity index (χ1n) is 6.27. The van der Waals surface area contributed by atoms with E-state index < -0.39 is 0 Å². The van der Waals surface area contributed by atoms with Crippen molar-refractivity contribution in [3.05, 3.63) is 0 Å². The Bertz CT molecular complexity index is 156. The van der Waals surface area contributed by atoms with Gasteiger partial charge in [0.1, 0.15) is 0 Å². The van der Waals surface area contributed by atoms with Crippen LogP contribution in [0.15, 0.2) is 0 Å². The fraction of sp³-hybridized carbons (Fsp3) is 1.00. The first-order chi connectivity index (χ1) is 7.27. The molecule has 0 radical (unpaired) electrons. The largest absolute Gasteiger partial charge is 0.392 e. The third kappa shape index (κ3) is 4.75. The summed E-state index contributed by atoms with van der Waals surface area (Å²) in [5.41, 5.74) is 0. The van der Waals surface area contributed by atoms with Crippen molar-refractivity contribution in [3.63, 3.8) is 0 Å². The molecule has 1 saturated heterocycles. The van der Waals surface area contributed by atoms with Crippen LogP contribution >= 0.6 is 11.8 Å². The van der Waals surface area contributed by atoms with Gasteiger partial charge in [0.05, 0.1) is 6.10 Å². The fourth-order valence-corrected chi connectivity index (χ4v) is 3.30. The number of aliphatic hydroxyl groups is 1. The van der Waals surface area contributed by atoms with Gasteiger partial charge < -0.3 is 10.4 Å². The minimum absolute atomic E-state index is 0.160. The molecule has 0 saturated carbocycles. The minimum Gasteiger partial charge on any atom is -0.392 e. The van der Waals surface area contributed by atoms with Gasteiger partial charge in [-0.1, -0.05) is 26.7 Å². The number of hydrogen-bond donors (Lipinski definition) is 2. The molecule has 90 valence electrons. The molecule has 1 aliphatic heterocycles. The Balaban J connectivity index is 2.16. The molecule has 0 aromatic rings. The Morgan fingerprint density at radius 1 is 1.40 bits per heavy atom. The summed E-state index contributed by atoms with van der Waals surface area (Å²) in [5.74, 6) is 3.00. The molecule has 15 heavy (non-hydrogen) atoms.